The third kappa shape index (κ3) is 7.85. The van der Waals surface area contributed by atoms with Gasteiger partial charge in [-0.25, -0.2) is 5.06 Å². The standard InChI is InChI=1S/C27H42N4O4/c1-21(2)31(28-27(34)25-12-6-10-24(25)11-7-15-30(35)20-33)26(19-32)29-16-13-23(14-17-29)18-22-8-4-3-5-9-22/h3-5,8-9,19-21,23-26,35H,6-7,10-18H2,1-2H3,(H,28,34). The quantitative estimate of drug-likeness (QED) is 0.253. The lowest BCUT2D eigenvalue weighted by Crippen LogP contribution is -2.61. The van der Waals surface area contributed by atoms with E-state index in [1.54, 1.807) is 0 Å². The molecular weight excluding hydrogens is 444 g/mol. The Morgan fingerprint density at radius 1 is 1.14 bits per heavy atom. The fourth-order valence-corrected chi connectivity index (χ4v) is 5.70. The summed E-state index contributed by atoms with van der Waals surface area (Å²) >= 11 is 0. The summed E-state index contributed by atoms with van der Waals surface area (Å²) in [5, 5.41) is 11.8. The number of hydrogen-bond acceptors (Lipinski definition) is 6. The Morgan fingerprint density at radius 3 is 2.49 bits per heavy atom. The summed E-state index contributed by atoms with van der Waals surface area (Å²) in [6, 6.07) is 10.5. The third-order valence-electron chi connectivity index (χ3n) is 7.67. The number of carbonyl (C=O) groups is 3. The lowest BCUT2D eigenvalue weighted by molar-refractivity contribution is -0.150. The Labute approximate surface area is 209 Å². The number of nitrogens with one attached hydrogen (secondary N) is 1. The van der Waals surface area contributed by atoms with E-state index in [-0.39, 0.29) is 30.3 Å². The van der Waals surface area contributed by atoms with E-state index in [4.69, 9.17) is 0 Å². The summed E-state index contributed by atoms with van der Waals surface area (Å²) in [4.78, 5) is 38.3. The van der Waals surface area contributed by atoms with E-state index in [1.807, 2.05) is 24.9 Å². The van der Waals surface area contributed by atoms with Crippen LogP contribution in [0.25, 0.3) is 0 Å². The molecule has 1 saturated carbocycles. The average Bonchev–Trinajstić information content (AvgIpc) is 3.34. The molecule has 0 radical (unpaired) electrons. The SMILES string of the molecule is CC(C)N(NC(=O)C1CCCC1CCCN(O)C=O)C(C=O)N1CCC(Cc2ccccc2)CC1. The van der Waals surface area contributed by atoms with E-state index < -0.39 is 6.17 Å². The van der Waals surface area contributed by atoms with Crippen LogP contribution in [0.3, 0.4) is 0 Å². The first kappa shape index (κ1) is 27.3. The molecule has 1 aliphatic carbocycles. The van der Waals surface area contributed by atoms with Crippen LogP contribution in [-0.4, -0.2) is 70.6 Å². The van der Waals surface area contributed by atoms with Crippen LogP contribution in [0.2, 0.25) is 0 Å². The minimum atomic E-state index is -0.480. The second-order valence-corrected chi connectivity index (χ2v) is 10.4. The van der Waals surface area contributed by atoms with Crippen molar-refractivity contribution in [2.45, 2.75) is 77.4 Å². The highest BCUT2D eigenvalue weighted by Crippen LogP contribution is 2.35. The van der Waals surface area contributed by atoms with Gasteiger partial charge >= 0.3 is 0 Å². The lowest BCUT2D eigenvalue weighted by Gasteiger charge is -2.42. The third-order valence-corrected chi connectivity index (χ3v) is 7.67. The summed E-state index contributed by atoms with van der Waals surface area (Å²) in [5.74, 6) is 0.704. The van der Waals surface area contributed by atoms with Gasteiger partial charge in [-0.05, 0) is 76.2 Å². The van der Waals surface area contributed by atoms with Gasteiger partial charge in [0, 0.05) is 31.6 Å². The molecule has 194 valence electrons. The Hall–Kier alpha value is -2.29. The van der Waals surface area contributed by atoms with Crippen LogP contribution in [0.5, 0.6) is 0 Å². The molecule has 1 aromatic rings. The Morgan fingerprint density at radius 2 is 1.86 bits per heavy atom. The van der Waals surface area contributed by atoms with Gasteiger partial charge in [0.2, 0.25) is 12.3 Å². The molecule has 2 aliphatic rings. The Kier molecular flexibility index (Phi) is 10.7. The Bertz CT molecular complexity index is 798. The number of hydrogen-bond donors (Lipinski definition) is 2. The Balaban J connectivity index is 1.55. The van der Waals surface area contributed by atoms with Crippen molar-refractivity contribution in [3.63, 3.8) is 0 Å². The molecule has 1 saturated heterocycles. The van der Waals surface area contributed by atoms with Gasteiger partial charge in [0.25, 0.3) is 0 Å². The predicted octanol–water partition coefficient (Wildman–Crippen LogP) is 3.25. The maximum atomic E-state index is 13.3. The topological polar surface area (TPSA) is 93.2 Å². The van der Waals surface area contributed by atoms with Gasteiger partial charge in [0.05, 0.1) is 0 Å². The highest BCUT2D eigenvalue weighted by atomic mass is 16.5. The second kappa shape index (κ2) is 13.7. The molecular formula is C27H42N4O4. The number of benzene rings is 1. The maximum Gasteiger partial charge on any atom is 0.237 e. The van der Waals surface area contributed by atoms with Crippen molar-refractivity contribution in [3.8, 4) is 0 Å². The van der Waals surface area contributed by atoms with Crippen LogP contribution in [0, 0.1) is 17.8 Å². The molecule has 1 aliphatic heterocycles. The van der Waals surface area contributed by atoms with Crippen molar-refractivity contribution in [1.29, 1.82) is 0 Å². The van der Waals surface area contributed by atoms with Gasteiger partial charge in [-0.15, -0.1) is 0 Å². The van der Waals surface area contributed by atoms with Crippen molar-refractivity contribution in [2.75, 3.05) is 19.6 Å². The highest BCUT2D eigenvalue weighted by Gasteiger charge is 2.36. The van der Waals surface area contributed by atoms with Crippen LogP contribution in [0.15, 0.2) is 30.3 Å². The van der Waals surface area contributed by atoms with Crippen LogP contribution in [-0.2, 0) is 20.8 Å². The van der Waals surface area contributed by atoms with Crippen LogP contribution in [0.4, 0.5) is 0 Å². The molecule has 1 heterocycles. The van der Waals surface area contributed by atoms with E-state index in [0.29, 0.717) is 23.8 Å². The number of aldehydes is 1. The first-order valence-electron chi connectivity index (χ1n) is 13.2. The fourth-order valence-electron chi connectivity index (χ4n) is 5.70. The van der Waals surface area contributed by atoms with Gasteiger partial charge in [-0.3, -0.25) is 25.1 Å². The number of amides is 2. The summed E-state index contributed by atoms with van der Waals surface area (Å²) in [5.41, 5.74) is 4.46. The monoisotopic (exact) mass is 486 g/mol. The number of rotatable bonds is 13. The highest BCUT2D eigenvalue weighted by molar-refractivity contribution is 5.79. The zero-order valence-corrected chi connectivity index (χ0v) is 21.2. The van der Waals surface area contributed by atoms with Crippen molar-refractivity contribution in [1.82, 2.24) is 20.4 Å². The maximum absolute atomic E-state index is 13.3. The zero-order valence-electron chi connectivity index (χ0n) is 21.2. The molecule has 35 heavy (non-hydrogen) atoms. The molecule has 2 amide bonds. The number of carbonyl (C=O) groups excluding carboxylic acids is 3. The molecule has 3 atom stereocenters. The van der Waals surface area contributed by atoms with Gasteiger partial charge < -0.3 is 4.79 Å². The molecule has 3 unspecified atom stereocenters. The first-order valence-corrected chi connectivity index (χ1v) is 13.2. The van der Waals surface area contributed by atoms with Crippen LogP contribution in [0.1, 0.15) is 64.4 Å². The molecule has 0 spiro atoms. The molecule has 2 fully saturated rings. The van der Waals surface area contributed by atoms with Crippen LogP contribution < -0.4 is 5.43 Å². The number of likely N-dealkylation sites (tertiary alicyclic amines) is 1. The number of piperidine rings is 1. The van der Waals surface area contributed by atoms with Crippen molar-refractivity contribution in [3.05, 3.63) is 35.9 Å². The number of hydroxylamine groups is 2. The minimum absolute atomic E-state index is 0.0217. The van der Waals surface area contributed by atoms with Crippen molar-refractivity contribution in [2.24, 2.45) is 17.8 Å². The number of hydrazine groups is 1. The normalized spacial score (nSPS) is 22.3. The largest absolute Gasteiger partial charge is 0.300 e. The zero-order chi connectivity index (χ0) is 25.2. The minimum Gasteiger partial charge on any atom is -0.300 e. The van der Waals surface area contributed by atoms with Gasteiger partial charge in [-0.1, -0.05) is 36.8 Å². The van der Waals surface area contributed by atoms with E-state index in [2.05, 4.69) is 34.6 Å². The average molecular weight is 487 g/mol. The molecule has 8 nitrogen and oxygen atoms in total. The van der Waals surface area contributed by atoms with E-state index in [9.17, 15) is 19.6 Å². The fraction of sp³-hybridized carbons (Fsp3) is 0.667. The summed E-state index contributed by atoms with van der Waals surface area (Å²) in [6.45, 7) is 5.95. The van der Waals surface area contributed by atoms with E-state index in [0.717, 1.165) is 64.3 Å². The van der Waals surface area contributed by atoms with E-state index >= 15 is 0 Å². The summed E-state index contributed by atoms with van der Waals surface area (Å²) in [7, 11) is 0. The molecule has 8 heteroatoms. The van der Waals surface area contributed by atoms with Gasteiger partial charge in [0.1, 0.15) is 6.17 Å². The smallest absolute Gasteiger partial charge is 0.237 e. The molecule has 2 N–H and O–H groups in total. The predicted molar refractivity (Wildman–Crippen MR) is 134 cm³/mol. The van der Waals surface area contributed by atoms with Crippen LogP contribution >= 0.6 is 0 Å². The lowest BCUT2D eigenvalue weighted by atomic mass is 9.90. The summed E-state index contributed by atoms with van der Waals surface area (Å²) in [6.07, 6.45) is 8.26. The first-order chi connectivity index (χ1) is 16.9. The molecule has 1 aromatic carbocycles. The van der Waals surface area contributed by atoms with Gasteiger partial charge in [-0.2, -0.15) is 5.01 Å². The number of nitrogens with zero attached hydrogens (tertiary/aromatic N) is 3. The van der Waals surface area contributed by atoms with Gasteiger partial charge in [0.15, 0.2) is 6.29 Å². The summed E-state index contributed by atoms with van der Waals surface area (Å²) < 4.78 is 0. The molecule has 0 aromatic heterocycles. The molecule has 0 bridgehead atoms. The van der Waals surface area contributed by atoms with E-state index in [1.165, 1.54) is 5.56 Å². The molecule has 3 rings (SSSR count). The van der Waals surface area contributed by atoms with Crippen molar-refractivity contribution < 1.29 is 19.6 Å². The second-order valence-electron chi connectivity index (χ2n) is 10.4. The van der Waals surface area contributed by atoms with Crippen molar-refractivity contribution >= 4 is 18.6 Å².